The Morgan fingerprint density at radius 2 is 2.27 bits per heavy atom. The molecule has 0 aromatic heterocycles. The fourth-order valence-corrected chi connectivity index (χ4v) is 1.74. The summed E-state index contributed by atoms with van der Waals surface area (Å²) in [5.41, 5.74) is 5.98. The Morgan fingerprint density at radius 3 is 2.80 bits per heavy atom. The number of carbonyl (C=O) groups is 1. The molecule has 0 aliphatic heterocycles. The third-order valence-corrected chi connectivity index (χ3v) is 2.80. The molecule has 15 heavy (non-hydrogen) atoms. The van der Waals surface area contributed by atoms with Gasteiger partial charge in [-0.3, -0.25) is 4.79 Å². The van der Waals surface area contributed by atoms with Gasteiger partial charge in [-0.15, -0.1) is 11.8 Å². The van der Waals surface area contributed by atoms with E-state index in [-0.39, 0.29) is 5.78 Å². The average molecular weight is 225 g/mol. The summed E-state index contributed by atoms with van der Waals surface area (Å²) in [6, 6.07) is 5.60. The number of benzene rings is 1. The fraction of sp³-hybridized carbons (Fsp3) is 0.364. The molecule has 1 aromatic rings. The van der Waals surface area contributed by atoms with Crippen LogP contribution in [-0.2, 0) is 0 Å². The molecule has 0 saturated heterocycles. The lowest BCUT2D eigenvalue weighted by molar-refractivity contribution is 0.0982. The largest absolute Gasteiger partial charge is 0.496 e. The molecule has 0 bridgehead atoms. The van der Waals surface area contributed by atoms with Crippen molar-refractivity contribution in [3.63, 3.8) is 0 Å². The second-order valence-corrected chi connectivity index (χ2v) is 3.91. The van der Waals surface area contributed by atoms with Crippen LogP contribution in [0.5, 0.6) is 5.75 Å². The van der Waals surface area contributed by atoms with Crippen LogP contribution < -0.4 is 10.5 Å². The van der Waals surface area contributed by atoms with E-state index < -0.39 is 0 Å². The molecule has 3 nitrogen and oxygen atoms in total. The van der Waals surface area contributed by atoms with Crippen molar-refractivity contribution < 1.29 is 9.53 Å². The monoisotopic (exact) mass is 225 g/mol. The molecule has 0 unspecified atom stereocenters. The number of hydrogen-bond acceptors (Lipinski definition) is 4. The minimum absolute atomic E-state index is 0.0326. The summed E-state index contributed by atoms with van der Waals surface area (Å²) >= 11 is 1.60. The summed E-state index contributed by atoms with van der Waals surface area (Å²) in [5, 5.41) is 0. The van der Waals surface area contributed by atoms with Gasteiger partial charge >= 0.3 is 0 Å². The zero-order valence-electron chi connectivity index (χ0n) is 8.95. The summed E-state index contributed by atoms with van der Waals surface area (Å²) in [5.74, 6) is 0.650. The molecule has 0 amide bonds. The van der Waals surface area contributed by atoms with Crippen LogP contribution in [0.25, 0.3) is 0 Å². The van der Waals surface area contributed by atoms with E-state index in [9.17, 15) is 4.79 Å². The zero-order chi connectivity index (χ0) is 11.3. The fourth-order valence-electron chi connectivity index (χ4n) is 1.30. The van der Waals surface area contributed by atoms with Gasteiger partial charge in [-0.2, -0.15) is 0 Å². The van der Waals surface area contributed by atoms with Gasteiger partial charge in [-0.1, -0.05) is 0 Å². The highest BCUT2D eigenvalue weighted by atomic mass is 32.2. The number of nitrogens with two attached hydrogens (primary N) is 1. The van der Waals surface area contributed by atoms with E-state index in [2.05, 4.69) is 0 Å². The first-order valence-electron chi connectivity index (χ1n) is 4.68. The molecule has 0 spiro atoms. The number of rotatable bonds is 5. The van der Waals surface area contributed by atoms with Crippen molar-refractivity contribution in [1.82, 2.24) is 0 Å². The third-order valence-electron chi connectivity index (χ3n) is 2.08. The molecule has 4 heteroatoms. The van der Waals surface area contributed by atoms with E-state index in [0.29, 0.717) is 24.3 Å². The van der Waals surface area contributed by atoms with Gasteiger partial charge in [0.1, 0.15) is 5.75 Å². The SMILES string of the molecule is COc1ccc(SC)cc1C(=O)CCN. The topological polar surface area (TPSA) is 52.3 Å². The lowest BCUT2D eigenvalue weighted by Crippen LogP contribution is -2.09. The Bertz CT molecular complexity index is 352. The maximum atomic E-state index is 11.7. The summed E-state index contributed by atoms with van der Waals surface area (Å²) < 4.78 is 5.14. The van der Waals surface area contributed by atoms with Gasteiger partial charge in [0, 0.05) is 11.3 Å². The van der Waals surface area contributed by atoms with Crippen LogP contribution in [-0.4, -0.2) is 25.7 Å². The number of hydrogen-bond donors (Lipinski definition) is 1. The number of Topliss-reactive ketones (excluding diaryl/α,β-unsaturated/α-hetero) is 1. The first-order chi connectivity index (χ1) is 7.22. The van der Waals surface area contributed by atoms with E-state index in [4.69, 9.17) is 10.5 Å². The molecule has 1 rings (SSSR count). The normalized spacial score (nSPS) is 10.1. The molecule has 82 valence electrons. The molecule has 2 N–H and O–H groups in total. The van der Waals surface area contributed by atoms with Crippen LogP contribution in [0.2, 0.25) is 0 Å². The standard InChI is InChI=1S/C11H15NO2S/c1-14-11-4-3-8(15-2)7-9(11)10(13)5-6-12/h3-4,7H,5-6,12H2,1-2H3. The van der Waals surface area contributed by atoms with Crippen molar-refractivity contribution in [1.29, 1.82) is 0 Å². The van der Waals surface area contributed by atoms with Crippen molar-refractivity contribution in [2.45, 2.75) is 11.3 Å². The predicted molar refractivity (Wildman–Crippen MR) is 62.8 cm³/mol. The van der Waals surface area contributed by atoms with Crippen molar-refractivity contribution in [3.8, 4) is 5.75 Å². The van der Waals surface area contributed by atoms with Crippen LogP contribution in [0.1, 0.15) is 16.8 Å². The van der Waals surface area contributed by atoms with Crippen LogP contribution in [0.3, 0.4) is 0 Å². The van der Waals surface area contributed by atoms with Crippen molar-refractivity contribution >= 4 is 17.5 Å². The molecular formula is C11H15NO2S. The van der Waals surface area contributed by atoms with Crippen molar-refractivity contribution in [3.05, 3.63) is 23.8 Å². The van der Waals surface area contributed by atoms with Crippen LogP contribution in [0.4, 0.5) is 0 Å². The van der Waals surface area contributed by atoms with E-state index >= 15 is 0 Å². The van der Waals surface area contributed by atoms with E-state index in [1.165, 1.54) is 0 Å². The smallest absolute Gasteiger partial charge is 0.167 e. The molecule has 0 heterocycles. The highest BCUT2D eigenvalue weighted by molar-refractivity contribution is 7.98. The molecule has 0 aliphatic carbocycles. The molecule has 1 aromatic carbocycles. The van der Waals surface area contributed by atoms with Gasteiger partial charge in [0.15, 0.2) is 5.78 Å². The van der Waals surface area contributed by atoms with Gasteiger partial charge in [0.2, 0.25) is 0 Å². The highest BCUT2D eigenvalue weighted by Crippen LogP contribution is 2.25. The summed E-state index contributed by atoms with van der Waals surface area (Å²) in [7, 11) is 1.56. The minimum atomic E-state index is 0.0326. The second kappa shape index (κ2) is 5.78. The highest BCUT2D eigenvalue weighted by Gasteiger charge is 2.11. The maximum Gasteiger partial charge on any atom is 0.167 e. The maximum absolute atomic E-state index is 11.7. The van der Waals surface area contributed by atoms with E-state index in [1.54, 1.807) is 18.9 Å². The Labute approximate surface area is 94.0 Å². The lowest BCUT2D eigenvalue weighted by atomic mass is 10.1. The number of methoxy groups -OCH3 is 1. The first kappa shape index (κ1) is 12.1. The van der Waals surface area contributed by atoms with E-state index in [0.717, 1.165) is 4.90 Å². The molecule has 0 radical (unpaired) electrons. The first-order valence-corrected chi connectivity index (χ1v) is 5.90. The van der Waals surface area contributed by atoms with Gasteiger partial charge in [0.05, 0.1) is 12.7 Å². The summed E-state index contributed by atoms with van der Waals surface area (Å²) in [6.45, 7) is 0.367. The predicted octanol–water partition coefficient (Wildman–Crippen LogP) is 1.95. The minimum Gasteiger partial charge on any atom is -0.496 e. The number of ketones is 1. The molecular weight excluding hydrogens is 210 g/mol. The van der Waals surface area contributed by atoms with Gasteiger partial charge in [-0.05, 0) is 31.0 Å². The van der Waals surface area contributed by atoms with Crippen LogP contribution in [0.15, 0.2) is 23.1 Å². The number of thioether (sulfide) groups is 1. The molecule has 0 aliphatic rings. The zero-order valence-corrected chi connectivity index (χ0v) is 9.76. The quantitative estimate of drug-likeness (QED) is 0.614. The Hall–Kier alpha value is -1.00. The molecule has 0 saturated carbocycles. The molecule has 0 atom stereocenters. The molecule has 0 fully saturated rings. The lowest BCUT2D eigenvalue weighted by Gasteiger charge is -2.08. The Kier molecular flexibility index (Phi) is 4.65. The summed E-state index contributed by atoms with van der Waals surface area (Å²) in [6.07, 6.45) is 2.33. The van der Waals surface area contributed by atoms with Crippen LogP contribution in [0, 0.1) is 0 Å². The van der Waals surface area contributed by atoms with Gasteiger partial charge < -0.3 is 10.5 Å². The van der Waals surface area contributed by atoms with E-state index in [1.807, 2.05) is 24.5 Å². The van der Waals surface area contributed by atoms with Gasteiger partial charge in [0.25, 0.3) is 0 Å². The number of ether oxygens (including phenoxy) is 1. The Morgan fingerprint density at radius 1 is 1.53 bits per heavy atom. The van der Waals surface area contributed by atoms with Crippen LogP contribution >= 0.6 is 11.8 Å². The summed E-state index contributed by atoms with van der Waals surface area (Å²) in [4.78, 5) is 12.8. The second-order valence-electron chi connectivity index (χ2n) is 3.03. The third kappa shape index (κ3) is 2.97. The van der Waals surface area contributed by atoms with Crippen molar-refractivity contribution in [2.75, 3.05) is 19.9 Å². The van der Waals surface area contributed by atoms with Crippen molar-refractivity contribution in [2.24, 2.45) is 5.73 Å². The Balaban J connectivity index is 3.05. The number of carbonyl (C=O) groups excluding carboxylic acids is 1. The van der Waals surface area contributed by atoms with Gasteiger partial charge in [-0.25, -0.2) is 0 Å². The average Bonchev–Trinajstić information content (AvgIpc) is 2.28.